The summed E-state index contributed by atoms with van der Waals surface area (Å²) >= 11 is 0. The van der Waals surface area contributed by atoms with Crippen molar-refractivity contribution in [3.05, 3.63) is 65.2 Å². The lowest BCUT2D eigenvalue weighted by molar-refractivity contribution is 0.0743. The molecule has 0 N–H and O–H groups in total. The summed E-state index contributed by atoms with van der Waals surface area (Å²) in [6.07, 6.45) is 3.68. The van der Waals surface area contributed by atoms with Crippen molar-refractivity contribution in [1.82, 2.24) is 9.21 Å². The van der Waals surface area contributed by atoms with Gasteiger partial charge in [-0.3, -0.25) is 4.79 Å². The molecule has 1 aliphatic rings. The lowest BCUT2D eigenvalue weighted by Crippen LogP contribution is -2.36. The predicted octanol–water partition coefficient (Wildman–Crippen LogP) is 4.22. The molecule has 1 aliphatic heterocycles. The average Bonchev–Trinajstić information content (AvgIpc) is 2.74. The van der Waals surface area contributed by atoms with Crippen molar-refractivity contribution in [3.63, 3.8) is 0 Å². The highest BCUT2D eigenvalue weighted by atomic mass is 32.2. The Morgan fingerprint density at radius 2 is 1.72 bits per heavy atom. The van der Waals surface area contributed by atoms with Gasteiger partial charge >= 0.3 is 0 Å². The largest absolute Gasteiger partial charge is 0.334 e. The zero-order valence-corrected chi connectivity index (χ0v) is 18.1. The van der Waals surface area contributed by atoms with Gasteiger partial charge < -0.3 is 4.90 Å². The summed E-state index contributed by atoms with van der Waals surface area (Å²) in [6, 6.07) is 14.9. The molecule has 0 aromatic heterocycles. The zero-order chi connectivity index (χ0) is 20.9. The van der Waals surface area contributed by atoms with Crippen LogP contribution < -0.4 is 0 Å². The Morgan fingerprint density at radius 3 is 2.38 bits per heavy atom. The maximum absolute atomic E-state index is 13.2. The van der Waals surface area contributed by atoms with Crippen LogP contribution in [0.3, 0.4) is 0 Å². The van der Waals surface area contributed by atoms with Gasteiger partial charge in [0.25, 0.3) is 5.91 Å². The van der Waals surface area contributed by atoms with Gasteiger partial charge in [-0.25, -0.2) is 8.42 Å². The third-order valence-corrected chi connectivity index (χ3v) is 7.41. The second-order valence-electron chi connectivity index (χ2n) is 7.66. The minimum Gasteiger partial charge on any atom is -0.334 e. The third-order valence-electron chi connectivity index (χ3n) is 5.36. The molecule has 1 heterocycles. The zero-order valence-electron chi connectivity index (χ0n) is 17.3. The second-order valence-corrected chi connectivity index (χ2v) is 9.56. The molecule has 0 bridgehead atoms. The number of hydrogen-bond acceptors (Lipinski definition) is 3. The lowest BCUT2D eigenvalue weighted by Gasteiger charge is -2.27. The Balaban J connectivity index is 1.89. The van der Waals surface area contributed by atoms with E-state index in [9.17, 15) is 13.2 Å². The SMILES string of the molecule is CCCN(Cc1ccccc1)C(=O)c1ccc(C)c(S(=O)(=O)N2CCCCC2)c1. The molecular formula is C23H30N2O3S. The standard InChI is InChI=1S/C23H30N2O3S/c1-3-14-24(18-20-10-6-4-7-11-20)23(26)21-13-12-19(2)22(17-21)29(27,28)25-15-8-5-9-16-25/h4,6-7,10-13,17H,3,5,8-9,14-16,18H2,1-2H3. The molecular weight excluding hydrogens is 384 g/mol. The second kappa shape index (κ2) is 9.55. The van der Waals surface area contributed by atoms with Crippen molar-refractivity contribution in [3.8, 4) is 0 Å². The Morgan fingerprint density at radius 1 is 1.03 bits per heavy atom. The van der Waals surface area contributed by atoms with E-state index >= 15 is 0 Å². The molecule has 1 amide bonds. The first kappa shape index (κ1) is 21.5. The molecule has 2 aromatic rings. The summed E-state index contributed by atoms with van der Waals surface area (Å²) < 4.78 is 27.9. The third kappa shape index (κ3) is 5.06. The molecule has 6 heteroatoms. The topological polar surface area (TPSA) is 57.7 Å². The van der Waals surface area contributed by atoms with Gasteiger partial charge in [0.15, 0.2) is 0 Å². The van der Waals surface area contributed by atoms with Crippen molar-refractivity contribution in [1.29, 1.82) is 0 Å². The fourth-order valence-electron chi connectivity index (χ4n) is 3.76. The summed E-state index contributed by atoms with van der Waals surface area (Å²) in [5.74, 6) is -0.134. The summed E-state index contributed by atoms with van der Waals surface area (Å²) in [4.78, 5) is 15.3. The van der Waals surface area contributed by atoms with E-state index in [4.69, 9.17) is 0 Å². The highest BCUT2D eigenvalue weighted by Gasteiger charge is 2.28. The molecule has 29 heavy (non-hydrogen) atoms. The van der Waals surface area contributed by atoms with E-state index < -0.39 is 10.0 Å². The van der Waals surface area contributed by atoms with Crippen molar-refractivity contribution in [2.24, 2.45) is 0 Å². The van der Waals surface area contributed by atoms with Crippen LogP contribution in [0.1, 0.15) is 54.1 Å². The van der Waals surface area contributed by atoms with Crippen LogP contribution >= 0.6 is 0 Å². The Bertz CT molecular complexity index is 936. The van der Waals surface area contributed by atoms with Gasteiger partial charge in [-0.2, -0.15) is 4.31 Å². The van der Waals surface area contributed by atoms with Gasteiger partial charge in [-0.1, -0.05) is 49.7 Å². The number of nitrogens with zero attached hydrogens (tertiary/aromatic N) is 2. The van der Waals surface area contributed by atoms with Crippen molar-refractivity contribution in [2.45, 2.75) is 51.0 Å². The molecule has 0 aliphatic carbocycles. The molecule has 0 unspecified atom stereocenters. The number of rotatable bonds is 7. The smallest absolute Gasteiger partial charge is 0.254 e. The molecule has 0 atom stereocenters. The quantitative estimate of drug-likeness (QED) is 0.681. The van der Waals surface area contributed by atoms with Crippen LogP contribution in [0, 0.1) is 6.92 Å². The van der Waals surface area contributed by atoms with Crippen LogP contribution in [0.4, 0.5) is 0 Å². The first-order valence-corrected chi connectivity index (χ1v) is 11.8. The van der Waals surface area contributed by atoms with Gasteiger partial charge in [0.05, 0.1) is 4.90 Å². The number of piperidine rings is 1. The van der Waals surface area contributed by atoms with Gasteiger partial charge in [0, 0.05) is 31.7 Å². The molecule has 1 fully saturated rings. The Labute approximate surface area is 174 Å². The molecule has 156 valence electrons. The van der Waals surface area contributed by atoms with Crippen LogP contribution in [0.5, 0.6) is 0 Å². The number of carbonyl (C=O) groups excluding carboxylic acids is 1. The van der Waals surface area contributed by atoms with Gasteiger partial charge in [0.1, 0.15) is 0 Å². The Kier molecular flexibility index (Phi) is 7.09. The molecule has 5 nitrogen and oxygen atoms in total. The van der Waals surface area contributed by atoms with E-state index in [0.717, 1.165) is 31.2 Å². The van der Waals surface area contributed by atoms with Crippen molar-refractivity contribution < 1.29 is 13.2 Å². The summed E-state index contributed by atoms with van der Waals surface area (Å²) in [7, 11) is -3.58. The monoisotopic (exact) mass is 414 g/mol. The molecule has 0 radical (unpaired) electrons. The maximum Gasteiger partial charge on any atom is 0.254 e. The fourth-order valence-corrected chi connectivity index (χ4v) is 5.53. The molecule has 2 aromatic carbocycles. The minimum absolute atomic E-state index is 0.134. The normalized spacial score (nSPS) is 15.2. The number of amides is 1. The summed E-state index contributed by atoms with van der Waals surface area (Å²) in [5.41, 5.74) is 2.16. The number of carbonyl (C=O) groups is 1. The number of hydrogen-bond donors (Lipinski definition) is 0. The number of benzene rings is 2. The van der Waals surface area contributed by atoms with E-state index in [1.54, 1.807) is 34.3 Å². The van der Waals surface area contributed by atoms with E-state index in [1.807, 2.05) is 37.3 Å². The molecule has 1 saturated heterocycles. The van der Waals surface area contributed by atoms with Crippen molar-refractivity contribution in [2.75, 3.05) is 19.6 Å². The van der Waals surface area contributed by atoms with Gasteiger partial charge in [-0.05, 0) is 49.4 Å². The highest BCUT2D eigenvalue weighted by Crippen LogP contribution is 2.25. The highest BCUT2D eigenvalue weighted by molar-refractivity contribution is 7.89. The number of sulfonamides is 1. The predicted molar refractivity (Wildman–Crippen MR) is 115 cm³/mol. The first-order valence-electron chi connectivity index (χ1n) is 10.4. The van der Waals surface area contributed by atoms with E-state index in [1.165, 1.54) is 0 Å². The summed E-state index contributed by atoms with van der Waals surface area (Å²) in [5, 5.41) is 0. The lowest BCUT2D eigenvalue weighted by atomic mass is 10.1. The molecule has 0 spiro atoms. The molecule has 0 saturated carbocycles. The fraction of sp³-hybridized carbons (Fsp3) is 0.435. The van der Waals surface area contributed by atoms with Crippen LogP contribution in [-0.4, -0.2) is 43.2 Å². The summed E-state index contributed by atoms with van der Waals surface area (Å²) in [6.45, 7) is 6.06. The maximum atomic E-state index is 13.2. The van der Waals surface area contributed by atoms with Crippen LogP contribution in [0.25, 0.3) is 0 Å². The van der Waals surface area contributed by atoms with E-state index in [0.29, 0.717) is 37.3 Å². The van der Waals surface area contributed by atoms with Crippen molar-refractivity contribution >= 4 is 15.9 Å². The Hall–Kier alpha value is -2.18. The van der Waals surface area contributed by atoms with E-state index in [-0.39, 0.29) is 10.8 Å². The molecule has 3 rings (SSSR count). The minimum atomic E-state index is -3.58. The first-order chi connectivity index (χ1) is 13.9. The van der Waals surface area contributed by atoms with Crippen LogP contribution in [0.15, 0.2) is 53.4 Å². The van der Waals surface area contributed by atoms with Crippen LogP contribution in [0.2, 0.25) is 0 Å². The number of aryl methyl sites for hydroxylation is 1. The average molecular weight is 415 g/mol. The van der Waals surface area contributed by atoms with Gasteiger partial charge in [0.2, 0.25) is 10.0 Å². The van der Waals surface area contributed by atoms with Gasteiger partial charge in [-0.15, -0.1) is 0 Å². The van der Waals surface area contributed by atoms with Crippen LogP contribution in [-0.2, 0) is 16.6 Å². The van der Waals surface area contributed by atoms with E-state index in [2.05, 4.69) is 0 Å².